The van der Waals surface area contributed by atoms with Gasteiger partial charge < -0.3 is 10.2 Å². The van der Waals surface area contributed by atoms with Crippen molar-refractivity contribution in [1.82, 2.24) is 15.1 Å². The van der Waals surface area contributed by atoms with Crippen LogP contribution < -0.4 is 5.32 Å². The van der Waals surface area contributed by atoms with Gasteiger partial charge in [-0.1, -0.05) is 0 Å². The monoisotopic (exact) mass is 186 g/mol. The zero-order valence-electron chi connectivity index (χ0n) is 11.1. The van der Waals surface area contributed by atoms with E-state index < -0.39 is 6.98 Å². The predicted octanol–water partition coefficient (Wildman–Crippen LogP) is -0.0142. The maximum atomic E-state index is 7.37. The number of rotatable bonds is 1. The Labute approximate surface area is 85.3 Å². The highest BCUT2D eigenvalue weighted by molar-refractivity contribution is 4.81. The Morgan fingerprint density at radius 1 is 1.15 bits per heavy atom. The third-order valence-corrected chi connectivity index (χ3v) is 3.14. The molecule has 13 heavy (non-hydrogen) atoms. The summed E-state index contributed by atoms with van der Waals surface area (Å²) < 4.78 is 22.1. The van der Waals surface area contributed by atoms with E-state index in [0.717, 1.165) is 26.2 Å². The molecule has 0 unspecified atom stereocenters. The maximum absolute atomic E-state index is 7.37. The van der Waals surface area contributed by atoms with Crippen molar-refractivity contribution >= 4 is 0 Å². The molecule has 2 rings (SSSR count). The van der Waals surface area contributed by atoms with Crippen LogP contribution in [0.25, 0.3) is 0 Å². The van der Waals surface area contributed by atoms with Crippen molar-refractivity contribution in [3.8, 4) is 0 Å². The standard InChI is InChI=1S/C10H21N3/c1-12-6-8-13(9-7-12)10-2-4-11-5-3-10/h10-11H,2-9H2,1H3/i1D3. The molecule has 0 spiro atoms. The summed E-state index contributed by atoms with van der Waals surface area (Å²) in [5.74, 6) is 0. The van der Waals surface area contributed by atoms with Gasteiger partial charge >= 0.3 is 0 Å². The van der Waals surface area contributed by atoms with Crippen molar-refractivity contribution in [2.24, 2.45) is 0 Å². The van der Waals surface area contributed by atoms with Crippen LogP contribution in [-0.4, -0.2) is 62.1 Å². The quantitative estimate of drug-likeness (QED) is 0.621. The first-order chi connectivity index (χ1) is 7.57. The van der Waals surface area contributed by atoms with Gasteiger partial charge in [0.1, 0.15) is 0 Å². The molecule has 1 N–H and O–H groups in total. The van der Waals surface area contributed by atoms with Crippen LogP contribution in [0, 0.1) is 0 Å². The normalized spacial score (nSPS) is 33.7. The van der Waals surface area contributed by atoms with Crippen LogP contribution in [-0.2, 0) is 0 Å². The molecule has 3 heteroatoms. The minimum absolute atomic E-state index is 0.667. The summed E-state index contributed by atoms with van der Waals surface area (Å²) in [6, 6.07) is 0.667. The average Bonchev–Trinajstić information content (AvgIpc) is 2.29. The van der Waals surface area contributed by atoms with Gasteiger partial charge in [-0.25, -0.2) is 0 Å². The summed E-state index contributed by atoms with van der Waals surface area (Å²) >= 11 is 0. The van der Waals surface area contributed by atoms with Gasteiger partial charge in [0, 0.05) is 36.3 Å². The van der Waals surface area contributed by atoms with E-state index in [4.69, 9.17) is 4.11 Å². The molecule has 0 atom stereocenters. The molecule has 0 aromatic carbocycles. The topological polar surface area (TPSA) is 18.5 Å². The van der Waals surface area contributed by atoms with Gasteiger partial charge in [0.05, 0.1) is 0 Å². The first-order valence-corrected chi connectivity index (χ1v) is 5.27. The van der Waals surface area contributed by atoms with Gasteiger partial charge in [0.2, 0.25) is 0 Å². The van der Waals surface area contributed by atoms with Crippen molar-refractivity contribution in [2.75, 3.05) is 46.2 Å². The van der Waals surface area contributed by atoms with E-state index in [1.165, 1.54) is 12.8 Å². The SMILES string of the molecule is [2H]C([2H])([2H])N1CCN(C2CCNCC2)CC1. The largest absolute Gasteiger partial charge is 0.317 e. The predicted molar refractivity (Wildman–Crippen MR) is 55.0 cm³/mol. The molecular weight excluding hydrogens is 162 g/mol. The number of piperidine rings is 1. The van der Waals surface area contributed by atoms with Crippen LogP contribution in [0.1, 0.15) is 17.0 Å². The summed E-state index contributed by atoms with van der Waals surface area (Å²) in [5.41, 5.74) is 0. The molecule has 2 aliphatic rings. The third-order valence-electron chi connectivity index (χ3n) is 3.14. The lowest BCUT2D eigenvalue weighted by Crippen LogP contribution is -2.51. The first kappa shape index (κ1) is 6.38. The smallest absolute Gasteiger partial charge is 0.0394 e. The highest BCUT2D eigenvalue weighted by atomic mass is 15.3. The van der Waals surface area contributed by atoms with Crippen LogP contribution in [0.3, 0.4) is 0 Å². The Hall–Kier alpha value is -0.120. The molecule has 0 aliphatic carbocycles. The van der Waals surface area contributed by atoms with E-state index in [0.29, 0.717) is 19.1 Å². The van der Waals surface area contributed by atoms with E-state index in [9.17, 15) is 0 Å². The Bertz CT molecular complexity index is 218. The maximum Gasteiger partial charge on any atom is 0.0394 e. The zero-order chi connectivity index (χ0) is 11.6. The van der Waals surface area contributed by atoms with Gasteiger partial charge in [-0.2, -0.15) is 0 Å². The second-order valence-electron chi connectivity index (χ2n) is 4.00. The van der Waals surface area contributed by atoms with Gasteiger partial charge in [-0.3, -0.25) is 4.90 Å². The zero-order valence-corrected chi connectivity index (χ0v) is 8.13. The summed E-state index contributed by atoms with van der Waals surface area (Å²) in [4.78, 5) is 4.08. The van der Waals surface area contributed by atoms with E-state index >= 15 is 0 Å². The van der Waals surface area contributed by atoms with Gasteiger partial charge in [0.25, 0.3) is 0 Å². The molecule has 0 aromatic heterocycles. The van der Waals surface area contributed by atoms with E-state index in [-0.39, 0.29) is 0 Å². The number of hydrogen-bond donors (Lipinski definition) is 1. The number of nitrogens with one attached hydrogen (secondary N) is 1. The fourth-order valence-electron chi connectivity index (χ4n) is 2.26. The van der Waals surface area contributed by atoms with Gasteiger partial charge in [-0.05, 0) is 32.9 Å². The number of hydrogen-bond acceptors (Lipinski definition) is 3. The molecule has 0 bridgehead atoms. The molecule has 2 saturated heterocycles. The van der Waals surface area contributed by atoms with Crippen molar-refractivity contribution in [1.29, 1.82) is 0 Å². The number of likely N-dealkylation sites (N-methyl/N-ethyl adjacent to an activating group) is 1. The molecule has 3 nitrogen and oxygen atoms in total. The summed E-state index contributed by atoms with van der Waals surface area (Å²) in [6.07, 6.45) is 2.40. The summed E-state index contributed by atoms with van der Waals surface area (Å²) in [5, 5.41) is 3.36. The van der Waals surface area contributed by atoms with Crippen LogP contribution in [0.15, 0.2) is 0 Å². The molecule has 2 fully saturated rings. The fourth-order valence-corrected chi connectivity index (χ4v) is 2.26. The molecule has 2 aliphatic heterocycles. The average molecular weight is 186 g/mol. The minimum atomic E-state index is -1.90. The highest BCUT2D eigenvalue weighted by Gasteiger charge is 2.23. The van der Waals surface area contributed by atoms with Crippen LogP contribution in [0.2, 0.25) is 0 Å². The van der Waals surface area contributed by atoms with Crippen LogP contribution >= 0.6 is 0 Å². The lowest BCUT2D eigenvalue weighted by Gasteiger charge is -2.39. The molecule has 0 saturated carbocycles. The number of nitrogens with zero attached hydrogens (tertiary/aromatic N) is 2. The van der Waals surface area contributed by atoms with E-state index in [2.05, 4.69) is 10.2 Å². The molecule has 0 aromatic rings. The fraction of sp³-hybridized carbons (Fsp3) is 1.00. The molecule has 0 radical (unpaired) electrons. The van der Waals surface area contributed by atoms with Crippen molar-refractivity contribution in [2.45, 2.75) is 18.9 Å². The van der Waals surface area contributed by atoms with Crippen LogP contribution in [0.5, 0.6) is 0 Å². The lowest BCUT2D eigenvalue weighted by atomic mass is 10.0. The molecular formula is C10H21N3. The molecule has 2 heterocycles. The lowest BCUT2D eigenvalue weighted by molar-refractivity contribution is 0.0948. The Morgan fingerprint density at radius 3 is 2.46 bits per heavy atom. The molecule has 76 valence electrons. The van der Waals surface area contributed by atoms with Crippen LogP contribution in [0.4, 0.5) is 0 Å². The van der Waals surface area contributed by atoms with Gasteiger partial charge in [-0.15, -0.1) is 0 Å². The summed E-state index contributed by atoms with van der Waals surface area (Å²) in [6.45, 7) is 3.47. The summed E-state index contributed by atoms with van der Waals surface area (Å²) in [7, 11) is 0. The Kier molecular flexibility index (Phi) is 2.16. The Morgan fingerprint density at radius 2 is 1.85 bits per heavy atom. The second-order valence-corrected chi connectivity index (χ2v) is 4.00. The van der Waals surface area contributed by atoms with Crippen molar-refractivity contribution in [3.63, 3.8) is 0 Å². The van der Waals surface area contributed by atoms with E-state index in [1.807, 2.05) is 0 Å². The number of piperazine rings is 1. The van der Waals surface area contributed by atoms with Gasteiger partial charge in [0.15, 0.2) is 0 Å². The third kappa shape index (κ3) is 2.42. The Balaban J connectivity index is 1.80. The van der Waals surface area contributed by atoms with Crippen molar-refractivity contribution < 1.29 is 4.11 Å². The second kappa shape index (κ2) is 4.40. The minimum Gasteiger partial charge on any atom is -0.317 e. The first-order valence-electron chi connectivity index (χ1n) is 6.77. The van der Waals surface area contributed by atoms with Crippen molar-refractivity contribution in [3.05, 3.63) is 0 Å². The molecule has 0 amide bonds. The highest BCUT2D eigenvalue weighted by Crippen LogP contribution is 2.13. The van der Waals surface area contributed by atoms with E-state index in [1.54, 1.807) is 4.90 Å².